The maximum atomic E-state index is 12.0. The highest BCUT2D eigenvalue weighted by molar-refractivity contribution is 5.86. The van der Waals surface area contributed by atoms with Gasteiger partial charge in [0.1, 0.15) is 6.54 Å². The summed E-state index contributed by atoms with van der Waals surface area (Å²) >= 11 is 0. The molecule has 0 aliphatic heterocycles. The highest BCUT2D eigenvalue weighted by Gasteiger charge is 2.49. The lowest BCUT2D eigenvalue weighted by Gasteiger charge is -2.26. The third-order valence-corrected chi connectivity index (χ3v) is 4.19. The number of rotatable bonds is 4. The zero-order valence-corrected chi connectivity index (χ0v) is 12.1. The van der Waals surface area contributed by atoms with Gasteiger partial charge in [-0.3, -0.25) is 9.59 Å². The molecule has 0 aromatic heterocycles. The molecule has 2 saturated carbocycles. The molecule has 0 aromatic rings. The zero-order valence-electron chi connectivity index (χ0n) is 11.3. The predicted molar refractivity (Wildman–Crippen MR) is 71.6 cm³/mol. The lowest BCUT2D eigenvalue weighted by atomic mass is 9.84. The first-order valence-electron chi connectivity index (χ1n) is 6.64. The highest BCUT2D eigenvalue weighted by atomic mass is 35.5. The van der Waals surface area contributed by atoms with Crippen molar-refractivity contribution in [2.24, 2.45) is 23.5 Å². The van der Waals surface area contributed by atoms with E-state index in [0.29, 0.717) is 5.92 Å². The van der Waals surface area contributed by atoms with Crippen LogP contribution in [-0.4, -0.2) is 37.1 Å². The second-order valence-corrected chi connectivity index (χ2v) is 5.55. The van der Waals surface area contributed by atoms with Crippen molar-refractivity contribution in [3.8, 4) is 0 Å². The second kappa shape index (κ2) is 6.83. The Labute approximate surface area is 126 Å². The number of carbonyl (C=O) groups is 2. The first-order chi connectivity index (χ1) is 9.28. The Morgan fingerprint density at radius 3 is 2.29 bits per heavy atom. The van der Waals surface area contributed by atoms with Crippen LogP contribution in [0.5, 0.6) is 0 Å². The molecule has 21 heavy (non-hydrogen) atoms. The van der Waals surface area contributed by atoms with Crippen LogP contribution < -0.4 is 16.4 Å². The fraction of sp³-hybridized carbons (Fsp3) is 0.833. The van der Waals surface area contributed by atoms with E-state index in [-0.39, 0.29) is 36.2 Å². The smallest absolute Gasteiger partial charge is 0.347 e. The molecular formula is C12H19ClF3N3O2. The number of nitrogens with one attached hydrogen (secondary N) is 2. The molecule has 122 valence electrons. The van der Waals surface area contributed by atoms with Crippen LogP contribution in [0.25, 0.3) is 0 Å². The number of nitrogens with two attached hydrogens (primary N) is 1. The quantitative estimate of drug-likeness (QED) is 0.705. The van der Waals surface area contributed by atoms with Crippen molar-refractivity contribution >= 4 is 24.2 Å². The normalized spacial score (nSPS) is 30.7. The summed E-state index contributed by atoms with van der Waals surface area (Å²) in [6, 6.07) is -0.202. The Hall–Kier alpha value is -1.02. The highest BCUT2D eigenvalue weighted by Crippen LogP contribution is 2.47. The van der Waals surface area contributed by atoms with Crippen LogP contribution in [0, 0.1) is 17.8 Å². The summed E-state index contributed by atoms with van der Waals surface area (Å²) < 4.78 is 35.7. The lowest BCUT2D eigenvalue weighted by molar-refractivity contribution is -0.138. The van der Waals surface area contributed by atoms with Crippen LogP contribution in [-0.2, 0) is 9.59 Å². The van der Waals surface area contributed by atoms with Crippen molar-refractivity contribution in [3.63, 3.8) is 0 Å². The minimum absolute atomic E-state index is 0. The van der Waals surface area contributed by atoms with Crippen molar-refractivity contribution in [3.05, 3.63) is 0 Å². The van der Waals surface area contributed by atoms with Gasteiger partial charge in [0.25, 0.3) is 0 Å². The molecule has 4 atom stereocenters. The van der Waals surface area contributed by atoms with Crippen molar-refractivity contribution < 1.29 is 22.8 Å². The van der Waals surface area contributed by atoms with Gasteiger partial charge >= 0.3 is 6.18 Å². The molecule has 9 heteroatoms. The summed E-state index contributed by atoms with van der Waals surface area (Å²) in [6.07, 6.45) is -1.54. The lowest BCUT2D eigenvalue weighted by Crippen LogP contribution is -2.48. The van der Waals surface area contributed by atoms with Crippen LogP contribution in [0.4, 0.5) is 13.2 Å². The van der Waals surface area contributed by atoms with E-state index in [9.17, 15) is 22.8 Å². The molecule has 2 bridgehead atoms. The molecule has 4 unspecified atom stereocenters. The standard InChI is InChI=1S/C12H18F3N3O2.ClH/c13-12(14,15)5-18-8(19)4-17-11(20)9-6-1-2-7(3-6)10(9)16;/h6-7,9-10H,1-5,16H2,(H,17,20)(H,18,19);1H. The van der Waals surface area contributed by atoms with Gasteiger partial charge in [-0.25, -0.2) is 0 Å². The molecule has 2 aliphatic rings. The third kappa shape index (κ3) is 4.47. The third-order valence-electron chi connectivity index (χ3n) is 4.19. The maximum absolute atomic E-state index is 12.0. The summed E-state index contributed by atoms with van der Waals surface area (Å²) in [5, 5.41) is 4.08. The van der Waals surface area contributed by atoms with Crippen molar-refractivity contribution in [2.45, 2.75) is 31.5 Å². The molecule has 0 heterocycles. The number of carbonyl (C=O) groups excluding carboxylic acids is 2. The van der Waals surface area contributed by atoms with E-state index in [1.807, 2.05) is 0 Å². The van der Waals surface area contributed by atoms with Crippen LogP contribution >= 0.6 is 12.4 Å². The van der Waals surface area contributed by atoms with E-state index in [1.54, 1.807) is 5.32 Å². The fourth-order valence-electron chi connectivity index (χ4n) is 3.27. The summed E-state index contributed by atoms with van der Waals surface area (Å²) in [7, 11) is 0. The Kier molecular flexibility index (Phi) is 5.86. The van der Waals surface area contributed by atoms with Gasteiger partial charge in [-0.15, -0.1) is 12.4 Å². The van der Waals surface area contributed by atoms with Crippen LogP contribution in [0.15, 0.2) is 0 Å². The molecular weight excluding hydrogens is 311 g/mol. The largest absolute Gasteiger partial charge is 0.405 e. The van der Waals surface area contributed by atoms with E-state index in [1.165, 1.54) is 0 Å². The number of alkyl halides is 3. The zero-order chi connectivity index (χ0) is 14.9. The molecule has 2 amide bonds. The Morgan fingerprint density at radius 2 is 1.76 bits per heavy atom. The molecule has 0 saturated heterocycles. The van der Waals surface area contributed by atoms with Crippen molar-refractivity contribution in [1.82, 2.24) is 10.6 Å². The van der Waals surface area contributed by atoms with Crippen molar-refractivity contribution in [1.29, 1.82) is 0 Å². The Balaban J connectivity index is 0.00000220. The molecule has 2 rings (SSSR count). The van der Waals surface area contributed by atoms with Crippen molar-refractivity contribution in [2.75, 3.05) is 13.1 Å². The van der Waals surface area contributed by atoms with Crippen LogP contribution in [0.3, 0.4) is 0 Å². The minimum atomic E-state index is -4.45. The topological polar surface area (TPSA) is 84.2 Å². The minimum Gasteiger partial charge on any atom is -0.347 e. The SMILES string of the molecule is Cl.NC1C2CCC(C2)C1C(=O)NCC(=O)NCC(F)(F)F. The van der Waals surface area contributed by atoms with Gasteiger partial charge in [0.05, 0.1) is 12.5 Å². The van der Waals surface area contributed by atoms with Gasteiger partial charge in [-0.1, -0.05) is 0 Å². The summed E-state index contributed by atoms with van der Waals surface area (Å²) in [5.74, 6) is -0.897. The van der Waals surface area contributed by atoms with E-state index < -0.39 is 25.2 Å². The maximum Gasteiger partial charge on any atom is 0.405 e. The average molecular weight is 330 g/mol. The van der Waals surface area contributed by atoms with Gasteiger partial charge in [-0.2, -0.15) is 13.2 Å². The van der Waals surface area contributed by atoms with E-state index >= 15 is 0 Å². The average Bonchev–Trinajstić information content (AvgIpc) is 2.93. The summed E-state index contributed by atoms with van der Waals surface area (Å²) in [4.78, 5) is 23.2. The van der Waals surface area contributed by atoms with Gasteiger partial charge in [0.15, 0.2) is 0 Å². The number of halogens is 4. The number of hydrogen-bond acceptors (Lipinski definition) is 3. The first kappa shape index (κ1) is 18.0. The van der Waals surface area contributed by atoms with Gasteiger partial charge in [0, 0.05) is 6.04 Å². The first-order valence-corrected chi connectivity index (χ1v) is 6.64. The second-order valence-electron chi connectivity index (χ2n) is 5.55. The van der Waals surface area contributed by atoms with Gasteiger partial charge in [0.2, 0.25) is 11.8 Å². The van der Waals surface area contributed by atoms with E-state index in [0.717, 1.165) is 19.3 Å². The summed E-state index contributed by atoms with van der Waals surface area (Å²) in [5.41, 5.74) is 5.98. The Bertz CT molecular complexity index is 404. The number of fused-ring (bicyclic) bond motifs is 2. The number of amides is 2. The van der Waals surface area contributed by atoms with Gasteiger partial charge < -0.3 is 16.4 Å². The molecule has 0 radical (unpaired) electrons. The van der Waals surface area contributed by atoms with Crippen LogP contribution in [0.2, 0.25) is 0 Å². The Morgan fingerprint density at radius 1 is 1.14 bits per heavy atom. The monoisotopic (exact) mass is 329 g/mol. The molecule has 5 nitrogen and oxygen atoms in total. The molecule has 4 N–H and O–H groups in total. The van der Waals surface area contributed by atoms with Crippen LogP contribution in [0.1, 0.15) is 19.3 Å². The van der Waals surface area contributed by atoms with E-state index in [4.69, 9.17) is 5.73 Å². The molecule has 2 fully saturated rings. The molecule has 0 spiro atoms. The molecule has 0 aromatic carbocycles. The molecule has 2 aliphatic carbocycles. The predicted octanol–water partition coefficient (Wildman–Crippen LogP) is 0.576. The number of hydrogen-bond donors (Lipinski definition) is 3. The summed E-state index contributed by atoms with van der Waals surface area (Å²) in [6.45, 7) is -1.84. The van der Waals surface area contributed by atoms with Gasteiger partial charge in [-0.05, 0) is 31.1 Å². The fourth-order valence-corrected chi connectivity index (χ4v) is 3.27. The van der Waals surface area contributed by atoms with E-state index in [2.05, 4.69) is 5.32 Å².